The minimum absolute atomic E-state index is 0.0597. The Balaban J connectivity index is 2.48. The molecule has 0 atom stereocenters. The van der Waals surface area contributed by atoms with Crippen LogP contribution in [0.15, 0.2) is 24.3 Å². The first kappa shape index (κ1) is 16.7. The number of carboxylic acids is 1. The van der Waals surface area contributed by atoms with E-state index in [4.69, 9.17) is 5.11 Å². The lowest BCUT2D eigenvalue weighted by Gasteiger charge is -2.17. The van der Waals surface area contributed by atoms with Crippen molar-refractivity contribution in [3.63, 3.8) is 0 Å². The SMILES string of the molecule is CC(C)(C)C(=O)NCC(=O)Nc1ccc(CC(=O)O)cc1. The zero-order chi connectivity index (χ0) is 16.0. The van der Waals surface area contributed by atoms with Crippen LogP contribution in [-0.4, -0.2) is 29.4 Å². The molecule has 0 aliphatic carbocycles. The van der Waals surface area contributed by atoms with Gasteiger partial charge in [0.2, 0.25) is 11.8 Å². The zero-order valence-electron chi connectivity index (χ0n) is 12.4. The van der Waals surface area contributed by atoms with Crippen LogP contribution in [-0.2, 0) is 20.8 Å². The minimum atomic E-state index is -0.906. The van der Waals surface area contributed by atoms with Crippen LogP contribution >= 0.6 is 0 Å². The molecule has 6 heteroatoms. The van der Waals surface area contributed by atoms with E-state index in [1.807, 2.05) is 0 Å². The fourth-order valence-electron chi connectivity index (χ4n) is 1.51. The number of carbonyl (C=O) groups is 3. The van der Waals surface area contributed by atoms with Gasteiger partial charge in [-0.25, -0.2) is 0 Å². The molecule has 0 radical (unpaired) electrons. The van der Waals surface area contributed by atoms with Crippen molar-refractivity contribution in [2.24, 2.45) is 5.41 Å². The number of anilines is 1. The molecular weight excluding hydrogens is 272 g/mol. The van der Waals surface area contributed by atoms with Crippen molar-refractivity contribution in [1.29, 1.82) is 0 Å². The van der Waals surface area contributed by atoms with Crippen molar-refractivity contribution in [1.82, 2.24) is 5.32 Å². The van der Waals surface area contributed by atoms with Crippen LogP contribution in [0.1, 0.15) is 26.3 Å². The van der Waals surface area contributed by atoms with Crippen molar-refractivity contribution >= 4 is 23.5 Å². The first-order chi connectivity index (χ1) is 9.68. The predicted molar refractivity (Wildman–Crippen MR) is 78.9 cm³/mol. The number of hydrogen-bond acceptors (Lipinski definition) is 3. The predicted octanol–water partition coefficient (Wildman–Crippen LogP) is 1.41. The highest BCUT2D eigenvalue weighted by Gasteiger charge is 2.21. The van der Waals surface area contributed by atoms with Gasteiger partial charge < -0.3 is 15.7 Å². The molecule has 1 aromatic rings. The molecular formula is C15H20N2O4. The van der Waals surface area contributed by atoms with Gasteiger partial charge >= 0.3 is 5.97 Å². The molecule has 2 amide bonds. The van der Waals surface area contributed by atoms with Crippen LogP contribution in [0.5, 0.6) is 0 Å². The first-order valence-corrected chi connectivity index (χ1v) is 6.57. The van der Waals surface area contributed by atoms with Crippen LogP contribution in [0.25, 0.3) is 0 Å². The number of carbonyl (C=O) groups excluding carboxylic acids is 2. The molecule has 0 spiro atoms. The molecule has 6 nitrogen and oxygen atoms in total. The summed E-state index contributed by atoms with van der Waals surface area (Å²) < 4.78 is 0. The largest absolute Gasteiger partial charge is 0.481 e. The molecule has 0 fully saturated rings. The van der Waals surface area contributed by atoms with Gasteiger partial charge in [0.1, 0.15) is 0 Å². The van der Waals surface area contributed by atoms with Crippen LogP contribution in [0, 0.1) is 5.41 Å². The summed E-state index contributed by atoms with van der Waals surface area (Å²) in [5.41, 5.74) is 0.666. The third-order valence-electron chi connectivity index (χ3n) is 2.68. The van der Waals surface area contributed by atoms with E-state index in [0.29, 0.717) is 11.3 Å². The maximum Gasteiger partial charge on any atom is 0.307 e. The fraction of sp³-hybridized carbons (Fsp3) is 0.400. The average molecular weight is 292 g/mol. The average Bonchev–Trinajstić information content (AvgIpc) is 2.36. The van der Waals surface area contributed by atoms with Crippen molar-refractivity contribution in [3.05, 3.63) is 29.8 Å². The van der Waals surface area contributed by atoms with Gasteiger partial charge in [0, 0.05) is 11.1 Å². The Morgan fingerprint density at radius 2 is 1.67 bits per heavy atom. The number of hydrogen-bond donors (Lipinski definition) is 3. The molecule has 0 bridgehead atoms. The number of carboxylic acid groups (broad SMARTS) is 1. The highest BCUT2D eigenvalue weighted by Crippen LogP contribution is 2.12. The molecule has 0 saturated carbocycles. The fourth-order valence-corrected chi connectivity index (χ4v) is 1.51. The molecule has 0 aliphatic heterocycles. The Bertz CT molecular complexity index is 530. The number of rotatable bonds is 5. The summed E-state index contributed by atoms with van der Waals surface area (Å²) >= 11 is 0. The number of amides is 2. The quantitative estimate of drug-likeness (QED) is 0.764. The Morgan fingerprint density at radius 3 is 2.14 bits per heavy atom. The van der Waals surface area contributed by atoms with Crippen LogP contribution in [0.3, 0.4) is 0 Å². The molecule has 3 N–H and O–H groups in total. The van der Waals surface area contributed by atoms with Gasteiger partial charge in [0.25, 0.3) is 0 Å². The van der Waals surface area contributed by atoms with Crippen LogP contribution < -0.4 is 10.6 Å². The summed E-state index contributed by atoms with van der Waals surface area (Å²) in [5.74, 6) is -1.44. The topological polar surface area (TPSA) is 95.5 Å². The van der Waals surface area contributed by atoms with Crippen LogP contribution in [0.2, 0.25) is 0 Å². The zero-order valence-corrected chi connectivity index (χ0v) is 12.4. The van der Waals surface area contributed by atoms with Crippen molar-refractivity contribution < 1.29 is 19.5 Å². The van der Waals surface area contributed by atoms with E-state index in [-0.39, 0.29) is 24.8 Å². The first-order valence-electron chi connectivity index (χ1n) is 6.57. The van der Waals surface area contributed by atoms with E-state index in [2.05, 4.69) is 10.6 Å². The number of aliphatic carboxylic acids is 1. The Morgan fingerprint density at radius 1 is 1.10 bits per heavy atom. The summed E-state index contributed by atoms with van der Waals surface area (Å²) in [6.45, 7) is 5.19. The second kappa shape index (κ2) is 6.88. The minimum Gasteiger partial charge on any atom is -0.481 e. The molecule has 0 aliphatic rings. The molecule has 21 heavy (non-hydrogen) atoms. The Kier molecular flexibility index (Phi) is 5.46. The number of nitrogens with one attached hydrogen (secondary N) is 2. The van der Waals surface area contributed by atoms with E-state index in [0.717, 1.165) is 0 Å². The molecule has 0 saturated heterocycles. The highest BCUT2D eigenvalue weighted by molar-refractivity contribution is 5.95. The van der Waals surface area contributed by atoms with Gasteiger partial charge in [0.05, 0.1) is 13.0 Å². The Labute approximate surface area is 123 Å². The molecule has 0 aromatic heterocycles. The van der Waals surface area contributed by atoms with E-state index in [1.165, 1.54) is 0 Å². The summed E-state index contributed by atoms with van der Waals surface area (Å²) in [6, 6.07) is 6.53. The maximum absolute atomic E-state index is 11.7. The van der Waals surface area contributed by atoms with E-state index < -0.39 is 11.4 Å². The number of benzene rings is 1. The van der Waals surface area contributed by atoms with E-state index in [1.54, 1.807) is 45.0 Å². The summed E-state index contributed by atoms with van der Waals surface area (Å²) in [6.07, 6.45) is -0.0597. The lowest BCUT2D eigenvalue weighted by Crippen LogP contribution is -2.39. The van der Waals surface area contributed by atoms with Gasteiger partial charge in [0.15, 0.2) is 0 Å². The van der Waals surface area contributed by atoms with Gasteiger partial charge in [-0.1, -0.05) is 32.9 Å². The van der Waals surface area contributed by atoms with Gasteiger partial charge in [-0.05, 0) is 17.7 Å². The Hall–Kier alpha value is -2.37. The summed E-state index contributed by atoms with van der Waals surface area (Å²) in [5, 5.41) is 13.8. The summed E-state index contributed by atoms with van der Waals surface area (Å²) in [4.78, 5) is 33.9. The second-order valence-electron chi connectivity index (χ2n) is 5.75. The van der Waals surface area contributed by atoms with Gasteiger partial charge in [-0.2, -0.15) is 0 Å². The molecule has 0 heterocycles. The van der Waals surface area contributed by atoms with Gasteiger partial charge in [-0.3, -0.25) is 14.4 Å². The lowest BCUT2D eigenvalue weighted by molar-refractivity contribution is -0.136. The smallest absolute Gasteiger partial charge is 0.307 e. The molecule has 114 valence electrons. The standard InChI is InChI=1S/C15H20N2O4/c1-15(2,3)14(21)16-9-12(18)17-11-6-4-10(5-7-11)8-13(19)20/h4-7H,8-9H2,1-3H3,(H,16,21)(H,17,18)(H,19,20). The summed E-state index contributed by atoms with van der Waals surface area (Å²) in [7, 11) is 0. The normalized spacial score (nSPS) is 10.8. The monoisotopic (exact) mass is 292 g/mol. The van der Waals surface area contributed by atoms with Crippen molar-refractivity contribution in [2.45, 2.75) is 27.2 Å². The van der Waals surface area contributed by atoms with Crippen LogP contribution in [0.4, 0.5) is 5.69 Å². The highest BCUT2D eigenvalue weighted by atomic mass is 16.4. The third kappa shape index (κ3) is 6.07. The lowest BCUT2D eigenvalue weighted by atomic mass is 9.96. The van der Waals surface area contributed by atoms with E-state index >= 15 is 0 Å². The second-order valence-corrected chi connectivity index (χ2v) is 5.75. The maximum atomic E-state index is 11.7. The third-order valence-corrected chi connectivity index (χ3v) is 2.68. The molecule has 0 unspecified atom stereocenters. The van der Waals surface area contributed by atoms with Gasteiger partial charge in [-0.15, -0.1) is 0 Å². The molecule has 1 rings (SSSR count). The van der Waals surface area contributed by atoms with Crippen molar-refractivity contribution in [3.8, 4) is 0 Å². The van der Waals surface area contributed by atoms with E-state index in [9.17, 15) is 14.4 Å². The molecule has 1 aromatic carbocycles. The van der Waals surface area contributed by atoms with Crippen molar-refractivity contribution in [2.75, 3.05) is 11.9 Å².